The molecule has 3 aromatic rings. The zero-order chi connectivity index (χ0) is 20.3. The Kier molecular flexibility index (Phi) is 6.42. The minimum Gasteiger partial charge on any atom is -0.320 e. The largest absolute Gasteiger partial charge is 0.320 e. The monoisotopic (exact) mass is 414 g/mol. The van der Waals surface area contributed by atoms with Crippen molar-refractivity contribution in [3.8, 4) is 0 Å². The van der Waals surface area contributed by atoms with E-state index in [1.807, 2.05) is 32.0 Å². The number of rotatable bonds is 6. The molecule has 28 heavy (non-hydrogen) atoms. The van der Waals surface area contributed by atoms with E-state index in [4.69, 9.17) is 11.6 Å². The summed E-state index contributed by atoms with van der Waals surface area (Å²) in [5.41, 5.74) is 3.52. The molecular formula is C21H23ClN4OS. The second-order valence-corrected chi connectivity index (χ2v) is 8.70. The van der Waals surface area contributed by atoms with Gasteiger partial charge in [-0.15, -0.1) is 11.3 Å². The van der Waals surface area contributed by atoms with Gasteiger partial charge in [-0.05, 0) is 43.9 Å². The molecule has 7 heteroatoms. The van der Waals surface area contributed by atoms with Crippen molar-refractivity contribution in [1.82, 2.24) is 15.0 Å². The topological polar surface area (TPSA) is 67.8 Å². The summed E-state index contributed by atoms with van der Waals surface area (Å²) >= 11 is 7.56. The first kappa shape index (κ1) is 20.4. The summed E-state index contributed by atoms with van der Waals surface area (Å²) in [4.78, 5) is 26.6. The number of hydrogen-bond donors (Lipinski definition) is 1. The van der Waals surface area contributed by atoms with Gasteiger partial charge in [0, 0.05) is 12.1 Å². The number of amides is 1. The van der Waals surface area contributed by atoms with E-state index in [0.717, 1.165) is 34.2 Å². The van der Waals surface area contributed by atoms with Crippen LogP contribution in [-0.4, -0.2) is 20.9 Å². The lowest BCUT2D eigenvalue weighted by Crippen LogP contribution is -2.11. The third-order valence-electron chi connectivity index (χ3n) is 4.13. The maximum Gasteiger partial charge on any atom is 0.267 e. The van der Waals surface area contributed by atoms with Gasteiger partial charge in [0.15, 0.2) is 0 Å². The van der Waals surface area contributed by atoms with E-state index < -0.39 is 0 Å². The number of para-hydroxylation sites is 1. The van der Waals surface area contributed by atoms with E-state index >= 15 is 0 Å². The van der Waals surface area contributed by atoms with Crippen molar-refractivity contribution in [2.24, 2.45) is 5.92 Å². The zero-order valence-electron chi connectivity index (χ0n) is 16.4. The highest BCUT2D eigenvalue weighted by molar-refractivity contribution is 7.13. The van der Waals surface area contributed by atoms with E-state index in [-0.39, 0.29) is 5.91 Å². The van der Waals surface area contributed by atoms with Gasteiger partial charge in [0.1, 0.15) is 10.7 Å². The molecule has 0 saturated heterocycles. The molecule has 5 nitrogen and oxygen atoms in total. The third-order valence-corrected chi connectivity index (χ3v) is 5.44. The Morgan fingerprint density at radius 2 is 1.96 bits per heavy atom. The Morgan fingerprint density at radius 3 is 2.68 bits per heavy atom. The molecule has 1 amide bonds. The number of carbonyl (C=O) groups excluding carboxylic acids is 1. The number of nitrogens with zero attached hydrogens (tertiary/aromatic N) is 3. The molecule has 2 heterocycles. The van der Waals surface area contributed by atoms with Crippen LogP contribution in [0.2, 0.25) is 5.02 Å². The van der Waals surface area contributed by atoms with Crippen molar-refractivity contribution in [3.05, 3.63) is 68.1 Å². The molecule has 0 aliphatic heterocycles. The summed E-state index contributed by atoms with van der Waals surface area (Å²) in [6.45, 7) is 8.15. The second kappa shape index (κ2) is 8.80. The van der Waals surface area contributed by atoms with Crippen LogP contribution in [0.5, 0.6) is 0 Å². The first-order valence-electron chi connectivity index (χ1n) is 9.16. The van der Waals surface area contributed by atoms with Gasteiger partial charge in [-0.3, -0.25) is 4.79 Å². The fraction of sp³-hybridized carbons (Fsp3) is 0.333. The number of nitrogens with one attached hydrogen (secondary N) is 1. The van der Waals surface area contributed by atoms with Crippen LogP contribution in [0.4, 0.5) is 5.69 Å². The summed E-state index contributed by atoms with van der Waals surface area (Å²) in [7, 11) is 0. The lowest BCUT2D eigenvalue weighted by atomic mass is 10.1. The van der Waals surface area contributed by atoms with E-state index in [0.29, 0.717) is 27.9 Å². The average Bonchev–Trinajstić information content (AvgIpc) is 3.05. The van der Waals surface area contributed by atoms with Crippen molar-refractivity contribution < 1.29 is 4.79 Å². The number of carbonyl (C=O) groups is 1. The Labute approximate surface area is 174 Å². The summed E-state index contributed by atoms with van der Waals surface area (Å²) < 4.78 is 0. The minimum absolute atomic E-state index is 0.209. The minimum atomic E-state index is -0.209. The van der Waals surface area contributed by atoms with Crippen molar-refractivity contribution in [2.45, 2.75) is 40.5 Å². The first-order chi connectivity index (χ1) is 13.3. The molecule has 1 aromatic carbocycles. The summed E-state index contributed by atoms with van der Waals surface area (Å²) in [6, 6.07) is 7.55. The van der Waals surface area contributed by atoms with Gasteiger partial charge in [0.25, 0.3) is 5.91 Å². The summed E-state index contributed by atoms with van der Waals surface area (Å²) in [5.74, 6) is 1.08. The molecule has 0 spiro atoms. The van der Waals surface area contributed by atoms with Gasteiger partial charge >= 0.3 is 0 Å². The normalized spacial score (nSPS) is 11.1. The van der Waals surface area contributed by atoms with E-state index in [1.54, 1.807) is 12.3 Å². The Morgan fingerprint density at radius 1 is 1.21 bits per heavy atom. The maximum atomic E-state index is 12.6. The predicted molar refractivity (Wildman–Crippen MR) is 114 cm³/mol. The predicted octanol–water partition coefficient (Wildman–Crippen LogP) is 5.24. The number of hydrogen-bond acceptors (Lipinski definition) is 5. The van der Waals surface area contributed by atoms with Gasteiger partial charge < -0.3 is 5.32 Å². The van der Waals surface area contributed by atoms with E-state index in [2.05, 4.69) is 34.1 Å². The first-order valence-corrected chi connectivity index (χ1v) is 10.4. The summed E-state index contributed by atoms with van der Waals surface area (Å²) in [5, 5.41) is 4.25. The Bertz CT molecular complexity index is 980. The third kappa shape index (κ3) is 5.14. The van der Waals surface area contributed by atoms with Gasteiger partial charge in [-0.2, -0.15) is 0 Å². The fourth-order valence-corrected chi connectivity index (χ4v) is 4.03. The van der Waals surface area contributed by atoms with Crippen LogP contribution in [0.15, 0.2) is 30.5 Å². The molecule has 0 saturated carbocycles. The highest BCUT2D eigenvalue weighted by Gasteiger charge is 2.15. The summed E-state index contributed by atoms with van der Waals surface area (Å²) in [6.07, 6.45) is 3.10. The number of aromatic nitrogens is 3. The van der Waals surface area contributed by atoms with Crippen LogP contribution in [0.25, 0.3) is 0 Å². The Hall–Kier alpha value is -2.31. The second-order valence-electron chi connectivity index (χ2n) is 7.18. The van der Waals surface area contributed by atoms with Crippen LogP contribution < -0.4 is 5.32 Å². The maximum absolute atomic E-state index is 12.6. The van der Waals surface area contributed by atoms with Gasteiger partial charge in [0.2, 0.25) is 0 Å². The highest BCUT2D eigenvalue weighted by atomic mass is 35.5. The number of halogens is 1. The molecule has 3 rings (SSSR count). The molecule has 146 valence electrons. The number of aryl methyl sites for hydroxylation is 2. The van der Waals surface area contributed by atoms with Crippen LogP contribution in [0, 0.1) is 19.8 Å². The fourth-order valence-electron chi connectivity index (χ4n) is 2.93. The van der Waals surface area contributed by atoms with Crippen LogP contribution in [0.3, 0.4) is 0 Å². The van der Waals surface area contributed by atoms with Crippen LogP contribution in [0.1, 0.15) is 51.3 Å². The quantitative estimate of drug-likeness (QED) is 0.598. The van der Waals surface area contributed by atoms with Gasteiger partial charge in [-0.1, -0.05) is 37.6 Å². The molecule has 0 aliphatic carbocycles. The van der Waals surface area contributed by atoms with Crippen LogP contribution >= 0.6 is 22.9 Å². The molecule has 0 aliphatic rings. The van der Waals surface area contributed by atoms with Crippen LogP contribution in [-0.2, 0) is 12.8 Å². The van der Waals surface area contributed by atoms with Gasteiger partial charge in [0.05, 0.1) is 27.6 Å². The molecule has 2 aromatic heterocycles. The lowest BCUT2D eigenvalue weighted by molar-refractivity contribution is 0.103. The number of thiazole rings is 1. The molecule has 0 bridgehead atoms. The molecule has 0 unspecified atom stereocenters. The molecular weight excluding hydrogens is 392 g/mol. The Balaban J connectivity index is 1.74. The number of anilines is 1. The molecule has 1 N–H and O–H groups in total. The standard InChI is InChI=1S/C21H23ClN4OS/c1-12(2)8-15-9-16(25-14(4)24-15)10-19-23-11-18(28-19)21(27)26-20-13(3)6-5-7-17(20)22/h5-7,9,11-12H,8,10H2,1-4H3,(H,26,27). The van der Waals surface area contributed by atoms with Crippen molar-refractivity contribution >= 4 is 34.5 Å². The van der Waals surface area contributed by atoms with E-state index in [1.165, 1.54) is 11.3 Å². The van der Waals surface area contributed by atoms with Crippen molar-refractivity contribution in [2.75, 3.05) is 5.32 Å². The average molecular weight is 415 g/mol. The SMILES string of the molecule is Cc1nc(Cc2ncc(C(=O)Nc3c(C)cccc3Cl)s2)cc(CC(C)C)n1. The molecule has 0 radical (unpaired) electrons. The van der Waals surface area contributed by atoms with Crippen molar-refractivity contribution in [1.29, 1.82) is 0 Å². The van der Waals surface area contributed by atoms with E-state index in [9.17, 15) is 4.79 Å². The molecule has 0 fully saturated rings. The zero-order valence-corrected chi connectivity index (χ0v) is 18.0. The van der Waals surface area contributed by atoms with Gasteiger partial charge in [-0.25, -0.2) is 15.0 Å². The van der Waals surface area contributed by atoms with Crippen molar-refractivity contribution in [3.63, 3.8) is 0 Å². The molecule has 0 atom stereocenters. The smallest absolute Gasteiger partial charge is 0.267 e. The number of benzene rings is 1. The lowest BCUT2D eigenvalue weighted by Gasteiger charge is -2.08. The highest BCUT2D eigenvalue weighted by Crippen LogP contribution is 2.26.